The average molecular weight is 326 g/mol. The number of hydrogen-bond acceptors (Lipinski definition) is 6. The number of hydrogen-bond donors (Lipinski definition) is 2. The van der Waals surface area contributed by atoms with E-state index in [9.17, 15) is 4.79 Å². The highest BCUT2D eigenvalue weighted by atomic mass is 32.2. The second kappa shape index (κ2) is 6.18. The molecule has 0 unspecified atom stereocenters. The number of carbonyl (C=O) groups excluding carboxylic acids is 1. The summed E-state index contributed by atoms with van der Waals surface area (Å²) in [5, 5.41) is 4.73. The number of nitrogens with one attached hydrogen (secondary N) is 1. The standard InChI is InChI=1S/C15H23N3OS2/c1-18-7-5-10(6-8-18)17-15-14(20-2)11(16)13(21-15)12(19)9-3-4-9/h9-10,17H,3-8,16H2,1-2H3. The fraction of sp³-hybridized carbons (Fsp3) is 0.667. The first kappa shape index (κ1) is 15.2. The Kier molecular flexibility index (Phi) is 4.47. The molecule has 116 valence electrons. The Morgan fingerprint density at radius 1 is 1.33 bits per heavy atom. The molecular formula is C15H23N3OS2. The molecule has 0 radical (unpaired) electrons. The van der Waals surface area contributed by atoms with Gasteiger partial charge >= 0.3 is 0 Å². The minimum absolute atomic E-state index is 0.233. The van der Waals surface area contributed by atoms with Gasteiger partial charge in [0.2, 0.25) is 0 Å². The largest absolute Gasteiger partial charge is 0.396 e. The van der Waals surface area contributed by atoms with Crippen molar-refractivity contribution in [2.75, 3.05) is 37.4 Å². The molecule has 1 saturated carbocycles. The van der Waals surface area contributed by atoms with Crippen LogP contribution >= 0.6 is 23.1 Å². The molecule has 0 amide bonds. The lowest BCUT2D eigenvalue weighted by Gasteiger charge is -2.29. The minimum Gasteiger partial charge on any atom is -0.396 e. The first-order chi connectivity index (χ1) is 10.1. The molecule has 2 heterocycles. The van der Waals surface area contributed by atoms with Crippen molar-refractivity contribution in [3.05, 3.63) is 4.88 Å². The van der Waals surface area contributed by atoms with Crippen molar-refractivity contribution < 1.29 is 4.79 Å². The van der Waals surface area contributed by atoms with E-state index in [4.69, 9.17) is 5.73 Å². The number of carbonyl (C=O) groups is 1. The quantitative estimate of drug-likeness (QED) is 0.643. The number of Topliss-reactive ketones (excluding diaryl/α,β-unsaturated/α-hetero) is 1. The van der Waals surface area contributed by atoms with Gasteiger partial charge in [0.15, 0.2) is 5.78 Å². The summed E-state index contributed by atoms with van der Waals surface area (Å²) >= 11 is 3.20. The SMILES string of the molecule is CSc1c(NC2CCN(C)CC2)sc(C(=O)C2CC2)c1N. The van der Waals surface area contributed by atoms with E-state index in [1.807, 2.05) is 6.26 Å². The monoisotopic (exact) mass is 325 g/mol. The van der Waals surface area contributed by atoms with E-state index in [0.29, 0.717) is 11.7 Å². The Morgan fingerprint density at radius 3 is 2.57 bits per heavy atom. The van der Waals surface area contributed by atoms with Crippen LogP contribution in [-0.2, 0) is 0 Å². The van der Waals surface area contributed by atoms with Gasteiger partial charge in [-0.3, -0.25) is 4.79 Å². The summed E-state index contributed by atoms with van der Waals surface area (Å²) in [5.41, 5.74) is 6.92. The van der Waals surface area contributed by atoms with Crippen LogP contribution in [-0.4, -0.2) is 43.1 Å². The number of likely N-dealkylation sites (tertiary alicyclic amines) is 1. The minimum atomic E-state index is 0.233. The second-order valence-electron chi connectivity index (χ2n) is 6.07. The van der Waals surface area contributed by atoms with Gasteiger partial charge in [-0.2, -0.15) is 0 Å². The Hall–Kier alpha value is -0.720. The highest BCUT2D eigenvalue weighted by Gasteiger charge is 2.34. The van der Waals surface area contributed by atoms with Crippen LogP contribution in [0, 0.1) is 5.92 Å². The van der Waals surface area contributed by atoms with Crippen molar-refractivity contribution in [2.45, 2.75) is 36.6 Å². The Bertz CT molecular complexity index is 531. The van der Waals surface area contributed by atoms with E-state index in [-0.39, 0.29) is 11.7 Å². The molecule has 6 heteroatoms. The number of thiophene rings is 1. The van der Waals surface area contributed by atoms with Crippen LogP contribution in [0.1, 0.15) is 35.4 Å². The van der Waals surface area contributed by atoms with Gasteiger partial charge in [-0.1, -0.05) is 0 Å². The predicted molar refractivity (Wildman–Crippen MR) is 91.7 cm³/mol. The summed E-state index contributed by atoms with van der Waals surface area (Å²) in [6, 6.07) is 0.494. The molecule has 1 aromatic heterocycles. The van der Waals surface area contributed by atoms with E-state index in [2.05, 4.69) is 17.3 Å². The molecule has 1 aliphatic heterocycles. The number of nitrogens with zero attached hydrogens (tertiary/aromatic N) is 1. The van der Waals surface area contributed by atoms with Gasteiger partial charge < -0.3 is 16.0 Å². The van der Waals surface area contributed by atoms with Crippen molar-refractivity contribution in [3.63, 3.8) is 0 Å². The zero-order chi connectivity index (χ0) is 15.0. The lowest BCUT2D eigenvalue weighted by atomic mass is 10.1. The molecule has 0 bridgehead atoms. The predicted octanol–water partition coefficient (Wildman–Crippen LogP) is 3.15. The van der Waals surface area contributed by atoms with Crippen LogP contribution in [0.25, 0.3) is 0 Å². The zero-order valence-electron chi connectivity index (χ0n) is 12.6. The maximum Gasteiger partial charge on any atom is 0.178 e. The molecule has 4 nitrogen and oxygen atoms in total. The van der Waals surface area contributed by atoms with E-state index in [0.717, 1.165) is 53.5 Å². The molecule has 3 N–H and O–H groups in total. The molecule has 1 aliphatic carbocycles. The number of rotatable bonds is 5. The molecule has 1 aromatic rings. The van der Waals surface area contributed by atoms with Crippen molar-refractivity contribution in [3.8, 4) is 0 Å². The number of piperidine rings is 1. The van der Waals surface area contributed by atoms with Gasteiger partial charge in [-0.15, -0.1) is 23.1 Å². The lowest BCUT2D eigenvalue weighted by molar-refractivity contribution is 0.0972. The highest BCUT2D eigenvalue weighted by Crippen LogP contribution is 2.45. The van der Waals surface area contributed by atoms with Crippen molar-refractivity contribution >= 4 is 39.6 Å². The summed E-state index contributed by atoms with van der Waals surface area (Å²) in [7, 11) is 2.17. The number of thioether (sulfide) groups is 1. The molecule has 0 atom stereocenters. The van der Waals surface area contributed by atoms with Crippen molar-refractivity contribution in [1.29, 1.82) is 0 Å². The van der Waals surface area contributed by atoms with Crippen LogP contribution in [0.4, 0.5) is 10.7 Å². The van der Waals surface area contributed by atoms with Crippen LogP contribution in [0.15, 0.2) is 4.90 Å². The van der Waals surface area contributed by atoms with Crippen molar-refractivity contribution in [1.82, 2.24) is 4.90 Å². The Balaban J connectivity index is 1.77. The number of nitrogens with two attached hydrogens (primary N) is 1. The van der Waals surface area contributed by atoms with Gasteiger partial charge in [0.25, 0.3) is 0 Å². The van der Waals surface area contributed by atoms with Gasteiger partial charge in [0.05, 0.1) is 15.5 Å². The van der Waals surface area contributed by atoms with E-state index in [1.54, 1.807) is 23.1 Å². The smallest absolute Gasteiger partial charge is 0.178 e. The van der Waals surface area contributed by atoms with Gasteiger partial charge in [0, 0.05) is 12.0 Å². The van der Waals surface area contributed by atoms with Gasteiger partial charge in [0.1, 0.15) is 5.00 Å². The summed E-state index contributed by atoms with van der Waals surface area (Å²) in [4.78, 5) is 16.5. The lowest BCUT2D eigenvalue weighted by Crippen LogP contribution is -2.36. The normalized spacial score (nSPS) is 20.7. The fourth-order valence-electron chi connectivity index (χ4n) is 2.78. The number of nitrogen functional groups attached to an aromatic ring is 1. The van der Waals surface area contributed by atoms with Gasteiger partial charge in [-0.05, 0) is 52.1 Å². The third-order valence-corrected chi connectivity index (χ3v) is 6.44. The first-order valence-electron chi connectivity index (χ1n) is 7.55. The van der Waals surface area contributed by atoms with Crippen LogP contribution in [0.3, 0.4) is 0 Å². The maximum atomic E-state index is 12.3. The molecular weight excluding hydrogens is 302 g/mol. The molecule has 0 spiro atoms. The van der Waals surface area contributed by atoms with Gasteiger partial charge in [-0.25, -0.2) is 0 Å². The Morgan fingerprint density at radius 2 is 2.00 bits per heavy atom. The van der Waals surface area contributed by atoms with Crippen LogP contribution < -0.4 is 11.1 Å². The average Bonchev–Trinajstić information content (AvgIpc) is 3.27. The molecule has 21 heavy (non-hydrogen) atoms. The summed E-state index contributed by atoms with van der Waals surface area (Å²) in [6.07, 6.45) is 6.39. The van der Waals surface area contributed by atoms with Crippen LogP contribution in [0.5, 0.6) is 0 Å². The molecule has 0 aromatic carbocycles. The van der Waals surface area contributed by atoms with E-state index in [1.165, 1.54) is 0 Å². The topological polar surface area (TPSA) is 58.4 Å². The summed E-state index contributed by atoms with van der Waals surface area (Å²) in [6.45, 7) is 2.25. The first-order valence-corrected chi connectivity index (χ1v) is 9.59. The zero-order valence-corrected chi connectivity index (χ0v) is 14.3. The van der Waals surface area contributed by atoms with E-state index < -0.39 is 0 Å². The highest BCUT2D eigenvalue weighted by molar-refractivity contribution is 7.99. The summed E-state index contributed by atoms with van der Waals surface area (Å²) < 4.78 is 0. The molecule has 3 rings (SSSR count). The second-order valence-corrected chi connectivity index (χ2v) is 7.90. The molecule has 2 fully saturated rings. The summed E-state index contributed by atoms with van der Waals surface area (Å²) in [5.74, 6) is 0.487. The maximum absolute atomic E-state index is 12.3. The molecule has 2 aliphatic rings. The van der Waals surface area contributed by atoms with E-state index >= 15 is 0 Å². The fourth-order valence-corrected chi connectivity index (χ4v) is 4.90. The third kappa shape index (κ3) is 3.22. The number of ketones is 1. The Labute approximate surface area is 134 Å². The van der Waals surface area contributed by atoms with Crippen LogP contribution in [0.2, 0.25) is 0 Å². The molecule has 1 saturated heterocycles. The third-order valence-electron chi connectivity index (χ3n) is 4.33. The number of anilines is 2. The van der Waals surface area contributed by atoms with Crippen molar-refractivity contribution in [2.24, 2.45) is 5.92 Å².